The molecule has 2 saturated heterocycles. The lowest BCUT2D eigenvalue weighted by Crippen LogP contribution is -2.54. The Bertz CT molecular complexity index is 641. The van der Waals surface area contributed by atoms with Crippen molar-refractivity contribution in [3.63, 3.8) is 0 Å². The number of hydrogen-bond acceptors (Lipinski definition) is 2. The number of amides is 2. The standard InChI is InChI=1S/C21H28N2O2/c1-2-3-10-19(24)22-14-7-12-21(16-22)13-11-20(25)23(17-21)15-18-8-5-4-6-9-18/h2-6,8-9H,7,10-17H2,1H3. The van der Waals surface area contributed by atoms with Gasteiger partial charge in [-0.25, -0.2) is 0 Å². The van der Waals surface area contributed by atoms with E-state index in [4.69, 9.17) is 0 Å². The maximum absolute atomic E-state index is 12.4. The van der Waals surface area contributed by atoms with E-state index in [9.17, 15) is 9.59 Å². The Morgan fingerprint density at radius 2 is 2.00 bits per heavy atom. The molecular formula is C21H28N2O2. The van der Waals surface area contributed by atoms with Crippen LogP contribution in [0.4, 0.5) is 0 Å². The average molecular weight is 340 g/mol. The summed E-state index contributed by atoms with van der Waals surface area (Å²) in [6.07, 6.45) is 8.00. The summed E-state index contributed by atoms with van der Waals surface area (Å²) >= 11 is 0. The molecule has 2 amide bonds. The van der Waals surface area contributed by atoms with Crippen LogP contribution in [0.2, 0.25) is 0 Å². The predicted molar refractivity (Wildman–Crippen MR) is 98.8 cm³/mol. The number of nitrogens with zero attached hydrogens (tertiary/aromatic N) is 2. The molecule has 2 aliphatic rings. The minimum absolute atomic E-state index is 0.0759. The number of likely N-dealkylation sites (tertiary alicyclic amines) is 2. The van der Waals surface area contributed by atoms with Crippen LogP contribution in [0, 0.1) is 5.41 Å². The lowest BCUT2D eigenvalue weighted by molar-refractivity contribution is -0.143. The molecule has 0 N–H and O–H groups in total. The molecule has 0 bridgehead atoms. The monoisotopic (exact) mass is 340 g/mol. The molecule has 1 spiro atoms. The van der Waals surface area contributed by atoms with Crippen LogP contribution in [0.3, 0.4) is 0 Å². The van der Waals surface area contributed by atoms with Gasteiger partial charge in [-0.1, -0.05) is 42.5 Å². The van der Waals surface area contributed by atoms with E-state index in [1.807, 2.05) is 47.1 Å². The highest BCUT2D eigenvalue weighted by molar-refractivity contribution is 5.78. The predicted octanol–water partition coefficient (Wildman–Crippen LogP) is 3.38. The zero-order valence-electron chi connectivity index (χ0n) is 15.1. The van der Waals surface area contributed by atoms with E-state index in [1.54, 1.807) is 0 Å². The van der Waals surface area contributed by atoms with Gasteiger partial charge in [-0.2, -0.15) is 0 Å². The summed E-state index contributed by atoms with van der Waals surface area (Å²) in [6, 6.07) is 10.2. The molecular weight excluding hydrogens is 312 g/mol. The van der Waals surface area contributed by atoms with Gasteiger partial charge in [0, 0.05) is 44.4 Å². The molecule has 25 heavy (non-hydrogen) atoms. The Kier molecular flexibility index (Phi) is 5.57. The number of benzene rings is 1. The van der Waals surface area contributed by atoms with Gasteiger partial charge in [0.2, 0.25) is 11.8 Å². The molecule has 4 nitrogen and oxygen atoms in total. The van der Waals surface area contributed by atoms with Crippen LogP contribution >= 0.6 is 0 Å². The lowest BCUT2D eigenvalue weighted by Gasteiger charge is -2.48. The van der Waals surface area contributed by atoms with Gasteiger partial charge in [0.15, 0.2) is 0 Å². The summed E-state index contributed by atoms with van der Waals surface area (Å²) < 4.78 is 0. The molecule has 0 aliphatic carbocycles. The smallest absolute Gasteiger partial charge is 0.226 e. The number of hydrogen-bond donors (Lipinski definition) is 0. The van der Waals surface area contributed by atoms with Crippen molar-refractivity contribution in [2.24, 2.45) is 5.41 Å². The zero-order valence-corrected chi connectivity index (χ0v) is 15.1. The van der Waals surface area contributed by atoms with Crippen molar-refractivity contribution in [3.05, 3.63) is 48.0 Å². The van der Waals surface area contributed by atoms with Gasteiger partial charge in [-0.05, 0) is 31.7 Å². The number of rotatable bonds is 4. The van der Waals surface area contributed by atoms with E-state index in [2.05, 4.69) is 12.1 Å². The van der Waals surface area contributed by atoms with Crippen molar-refractivity contribution in [1.82, 2.24) is 9.80 Å². The third-order valence-electron chi connectivity index (χ3n) is 5.51. The summed E-state index contributed by atoms with van der Waals surface area (Å²) in [7, 11) is 0. The minimum Gasteiger partial charge on any atom is -0.342 e. The van der Waals surface area contributed by atoms with Gasteiger partial charge in [0.1, 0.15) is 0 Å². The number of carbonyl (C=O) groups excluding carboxylic acids is 2. The first-order chi connectivity index (χ1) is 12.1. The van der Waals surface area contributed by atoms with Crippen molar-refractivity contribution in [3.8, 4) is 0 Å². The lowest BCUT2D eigenvalue weighted by atomic mass is 9.73. The Hall–Kier alpha value is -2.10. The molecule has 0 aromatic heterocycles. The second-order valence-corrected chi connectivity index (χ2v) is 7.43. The zero-order chi connectivity index (χ0) is 17.7. The van der Waals surface area contributed by atoms with Crippen LogP contribution in [0.1, 0.15) is 44.6 Å². The topological polar surface area (TPSA) is 40.6 Å². The highest BCUT2D eigenvalue weighted by atomic mass is 16.2. The normalized spacial score (nSPS) is 24.3. The van der Waals surface area contributed by atoms with Crippen molar-refractivity contribution < 1.29 is 9.59 Å². The number of allylic oxidation sites excluding steroid dienone is 1. The van der Waals surface area contributed by atoms with Crippen molar-refractivity contribution in [2.75, 3.05) is 19.6 Å². The minimum atomic E-state index is 0.0759. The van der Waals surface area contributed by atoms with Crippen LogP contribution in [-0.4, -0.2) is 41.2 Å². The van der Waals surface area contributed by atoms with Gasteiger partial charge in [-0.3, -0.25) is 9.59 Å². The molecule has 2 heterocycles. The summed E-state index contributed by atoms with van der Waals surface area (Å²) in [4.78, 5) is 28.8. The highest BCUT2D eigenvalue weighted by Gasteiger charge is 2.42. The molecule has 2 aliphatic heterocycles. The average Bonchev–Trinajstić information content (AvgIpc) is 2.64. The van der Waals surface area contributed by atoms with Crippen LogP contribution < -0.4 is 0 Å². The molecule has 1 aromatic rings. The molecule has 0 radical (unpaired) electrons. The second kappa shape index (κ2) is 7.85. The molecule has 1 atom stereocenters. The Labute approximate surface area is 150 Å². The van der Waals surface area contributed by atoms with Crippen LogP contribution in [0.5, 0.6) is 0 Å². The fourth-order valence-corrected chi connectivity index (χ4v) is 4.15. The maximum Gasteiger partial charge on any atom is 0.226 e. The van der Waals surface area contributed by atoms with Crippen molar-refractivity contribution in [1.29, 1.82) is 0 Å². The summed E-state index contributed by atoms with van der Waals surface area (Å²) in [5, 5.41) is 0. The molecule has 1 unspecified atom stereocenters. The SMILES string of the molecule is CC=CCC(=O)N1CCCC2(CCC(=O)N(Cc3ccccc3)C2)C1. The molecule has 3 rings (SSSR count). The third-order valence-corrected chi connectivity index (χ3v) is 5.51. The van der Waals surface area contributed by atoms with Gasteiger partial charge >= 0.3 is 0 Å². The van der Waals surface area contributed by atoms with Crippen molar-refractivity contribution in [2.45, 2.75) is 45.6 Å². The fraction of sp³-hybridized carbons (Fsp3) is 0.524. The Balaban J connectivity index is 1.68. The van der Waals surface area contributed by atoms with Gasteiger partial charge < -0.3 is 9.80 Å². The van der Waals surface area contributed by atoms with E-state index in [0.29, 0.717) is 19.4 Å². The van der Waals surface area contributed by atoms with E-state index < -0.39 is 0 Å². The summed E-state index contributed by atoms with van der Waals surface area (Å²) in [5.41, 5.74) is 1.25. The number of carbonyl (C=O) groups is 2. The van der Waals surface area contributed by atoms with Gasteiger partial charge in [0.05, 0.1) is 0 Å². The second-order valence-electron chi connectivity index (χ2n) is 7.43. The largest absolute Gasteiger partial charge is 0.342 e. The van der Waals surface area contributed by atoms with Crippen LogP contribution in [-0.2, 0) is 16.1 Å². The number of piperidine rings is 2. The summed E-state index contributed by atoms with van der Waals surface area (Å²) in [5.74, 6) is 0.454. The fourth-order valence-electron chi connectivity index (χ4n) is 4.15. The molecule has 134 valence electrons. The Morgan fingerprint density at radius 1 is 1.20 bits per heavy atom. The summed E-state index contributed by atoms with van der Waals surface area (Å²) in [6.45, 7) is 5.04. The van der Waals surface area contributed by atoms with E-state index in [0.717, 1.165) is 38.9 Å². The first-order valence-corrected chi connectivity index (χ1v) is 9.32. The maximum atomic E-state index is 12.4. The molecule has 2 fully saturated rings. The first kappa shape index (κ1) is 17.7. The van der Waals surface area contributed by atoms with Gasteiger partial charge in [0.25, 0.3) is 0 Å². The van der Waals surface area contributed by atoms with Crippen LogP contribution in [0.25, 0.3) is 0 Å². The molecule has 1 aromatic carbocycles. The quantitative estimate of drug-likeness (QED) is 0.789. The molecule has 4 heteroatoms. The van der Waals surface area contributed by atoms with E-state index >= 15 is 0 Å². The van der Waals surface area contributed by atoms with Crippen molar-refractivity contribution >= 4 is 11.8 Å². The Morgan fingerprint density at radius 3 is 2.76 bits per heavy atom. The van der Waals surface area contributed by atoms with E-state index in [1.165, 1.54) is 5.56 Å². The van der Waals surface area contributed by atoms with Crippen LogP contribution in [0.15, 0.2) is 42.5 Å². The first-order valence-electron chi connectivity index (χ1n) is 9.32. The molecule has 0 saturated carbocycles. The van der Waals surface area contributed by atoms with E-state index in [-0.39, 0.29) is 17.2 Å². The van der Waals surface area contributed by atoms with Gasteiger partial charge in [-0.15, -0.1) is 0 Å². The highest BCUT2D eigenvalue weighted by Crippen LogP contribution is 2.39. The third kappa shape index (κ3) is 4.30.